The summed E-state index contributed by atoms with van der Waals surface area (Å²) in [5.41, 5.74) is 8.39. The molecular formula is C13H20N2. The van der Waals surface area contributed by atoms with Crippen LogP contribution in [0.15, 0.2) is 24.3 Å². The van der Waals surface area contributed by atoms with E-state index < -0.39 is 0 Å². The summed E-state index contributed by atoms with van der Waals surface area (Å²) in [5, 5.41) is 3.52. The Labute approximate surface area is 91.9 Å². The Morgan fingerprint density at radius 1 is 1.33 bits per heavy atom. The number of anilines is 1. The first-order chi connectivity index (χ1) is 7.15. The van der Waals surface area contributed by atoms with Gasteiger partial charge in [-0.15, -0.1) is 0 Å². The predicted octanol–water partition coefficient (Wildman–Crippen LogP) is 2.71. The van der Waals surface area contributed by atoms with Gasteiger partial charge in [0.1, 0.15) is 0 Å². The molecule has 0 atom stereocenters. The minimum atomic E-state index is 0.413. The second kappa shape index (κ2) is 4.23. The lowest BCUT2D eigenvalue weighted by molar-refractivity contribution is 0.373. The van der Waals surface area contributed by atoms with Gasteiger partial charge in [-0.3, -0.25) is 0 Å². The molecule has 0 saturated heterocycles. The fourth-order valence-electron chi connectivity index (χ4n) is 2.00. The van der Waals surface area contributed by atoms with Crippen LogP contribution in [0, 0.1) is 0 Å². The molecule has 0 spiro atoms. The maximum Gasteiger partial charge on any atom is 0.0345 e. The van der Waals surface area contributed by atoms with Crippen LogP contribution in [0.5, 0.6) is 0 Å². The first-order valence-electron chi connectivity index (χ1n) is 5.77. The first kappa shape index (κ1) is 10.5. The molecule has 1 aromatic carbocycles. The third kappa shape index (κ3) is 2.51. The van der Waals surface area contributed by atoms with E-state index in [0.29, 0.717) is 18.0 Å². The highest BCUT2D eigenvalue weighted by Gasteiger charge is 2.25. The molecule has 1 aliphatic rings. The summed E-state index contributed by atoms with van der Waals surface area (Å²) in [5.74, 6) is 0.593. The number of rotatable bonds is 3. The molecule has 82 valence electrons. The summed E-state index contributed by atoms with van der Waals surface area (Å²) in [6.07, 6.45) is 2.21. The smallest absolute Gasteiger partial charge is 0.0345 e. The third-order valence-electron chi connectivity index (χ3n) is 3.10. The van der Waals surface area contributed by atoms with E-state index in [4.69, 9.17) is 5.73 Å². The average molecular weight is 204 g/mol. The van der Waals surface area contributed by atoms with Crippen molar-refractivity contribution >= 4 is 5.69 Å². The van der Waals surface area contributed by atoms with Crippen LogP contribution >= 0.6 is 0 Å². The second-order valence-corrected chi connectivity index (χ2v) is 4.85. The van der Waals surface area contributed by atoms with E-state index in [9.17, 15) is 0 Å². The van der Waals surface area contributed by atoms with Crippen molar-refractivity contribution in [2.75, 3.05) is 5.32 Å². The van der Waals surface area contributed by atoms with Crippen LogP contribution in [0.2, 0.25) is 0 Å². The monoisotopic (exact) mass is 204 g/mol. The molecule has 0 amide bonds. The van der Waals surface area contributed by atoms with Crippen LogP contribution in [0.1, 0.15) is 38.2 Å². The predicted molar refractivity (Wildman–Crippen MR) is 65.2 cm³/mol. The summed E-state index contributed by atoms with van der Waals surface area (Å²) in [4.78, 5) is 0. The van der Waals surface area contributed by atoms with E-state index in [1.54, 1.807) is 0 Å². The summed E-state index contributed by atoms with van der Waals surface area (Å²) < 4.78 is 0. The molecule has 2 rings (SSSR count). The van der Waals surface area contributed by atoms with Gasteiger partial charge in [0.05, 0.1) is 0 Å². The number of nitrogens with two attached hydrogens (primary N) is 1. The molecule has 2 heteroatoms. The maximum atomic E-state index is 5.76. The Morgan fingerprint density at radius 2 is 2.07 bits per heavy atom. The zero-order chi connectivity index (χ0) is 10.8. The Balaban J connectivity index is 1.99. The van der Waals surface area contributed by atoms with Crippen molar-refractivity contribution in [2.45, 2.75) is 44.7 Å². The standard InChI is InChI=1S/C13H20N2/c1-9(2)10-4-3-5-12(6-10)15-13-7-11(14)8-13/h3-6,9,11,13,15H,7-8,14H2,1-2H3. The number of hydrogen-bond donors (Lipinski definition) is 2. The maximum absolute atomic E-state index is 5.76. The van der Waals surface area contributed by atoms with Crippen molar-refractivity contribution in [3.63, 3.8) is 0 Å². The zero-order valence-electron chi connectivity index (χ0n) is 9.53. The van der Waals surface area contributed by atoms with Gasteiger partial charge in [-0.2, -0.15) is 0 Å². The summed E-state index contributed by atoms with van der Waals surface area (Å²) in [7, 11) is 0. The summed E-state index contributed by atoms with van der Waals surface area (Å²) in [6.45, 7) is 4.44. The molecule has 1 aliphatic carbocycles. The zero-order valence-corrected chi connectivity index (χ0v) is 9.53. The van der Waals surface area contributed by atoms with Gasteiger partial charge in [-0.05, 0) is 36.5 Å². The lowest BCUT2D eigenvalue weighted by Gasteiger charge is -2.34. The van der Waals surface area contributed by atoms with Crippen LogP contribution in [0.4, 0.5) is 5.69 Å². The molecule has 0 bridgehead atoms. The Morgan fingerprint density at radius 3 is 2.67 bits per heavy atom. The molecule has 1 aromatic rings. The molecule has 3 N–H and O–H groups in total. The van der Waals surface area contributed by atoms with Crippen molar-refractivity contribution in [2.24, 2.45) is 5.73 Å². The molecule has 0 radical (unpaired) electrons. The lowest BCUT2D eigenvalue weighted by Crippen LogP contribution is -2.44. The molecule has 0 unspecified atom stereocenters. The highest BCUT2D eigenvalue weighted by Crippen LogP contribution is 2.24. The van der Waals surface area contributed by atoms with Gasteiger partial charge in [-0.25, -0.2) is 0 Å². The van der Waals surface area contributed by atoms with E-state index in [2.05, 4.69) is 43.4 Å². The van der Waals surface area contributed by atoms with Gasteiger partial charge in [0.2, 0.25) is 0 Å². The molecule has 1 fully saturated rings. The number of benzene rings is 1. The SMILES string of the molecule is CC(C)c1cccc(NC2CC(N)C2)c1. The van der Waals surface area contributed by atoms with E-state index in [1.807, 2.05) is 0 Å². The second-order valence-electron chi connectivity index (χ2n) is 4.85. The van der Waals surface area contributed by atoms with Gasteiger partial charge >= 0.3 is 0 Å². The van der Waals surface area contributed by atoms with Crippen molar-refractivity contribution in [3.05, 3.63) is 29.8 Å². The Kier molecular flexibility index (Phi) is 2.96. The van der Waals surface area contributed by atoms with Crippen LogP contribution in [-0.2, 0) is 0 Å². The van der Waals surface area contributed by atoms with Gasteiger partial charge in [0.15, 0.2) is 0 Å². The minimum absolute atomic E-state index is 0.413. The highest BCUT2D eigenvalue weighted by molar-refractivity contribution is 5.47. The van der Waals surface area contributed by atoms with Crippen molar-refractivity contribution in [1.29, 1.82) is 0 Å². The van der Waals surface area contributed by atoms with Crippen molar-refractivity contribution in [3.8, 4) is 0 Å². The van der Waals surface area contributed by atoms with Gasteiger partial charge < -0.3 is 11.1 Å². The quantitative estimate of drug-likeness (QED) is 0.794. The van der Waals surface area contributed by atoms with Gasteiger partial charge in [-0.1, -0.05) is 26.0 Å². The average Bonchev–Trinajstić information content (AvgIpc) is 2.16. The van der Waals surface area contributed by atoms with Crippen LogP contribution in [0.3, 0.4) is 0 Å². The number of hydrogen-bond acceptors (Lipinski definition) is 2. The molecule has 15 heavy (non-hydrogen) atoms. The molecular weight excluding hydrogens is 184 g/mol. The van der Waals surface area contributed by atoms with E-state index in [-0.39, 0.29) is 0 Å². The van der Waals surface area contributed by atoms with Gasteiger partial charge in [0, 0.05) is 17.8 Å². The van der Waals surface area contributed by atoms with E-state index >= 15 is 0 Å². The van der Waals surface area contributed by atoms with Crippen LogP contribution in [0.25, 0.3) is 0 Å². The fourth-order valence-corrected chi connectivity index (χ4v) is 2.00. The normalized spacial score (nSPS) is 25.1. The van der Waals surface area contributed by atoms with Gasteiger partial charge in [0.25, 0.3) is 0 Å². The highest BCUT2D eigenvalue weighted by atomic mass is 15.0. The molecule has 1 saturated carbocycles. The first-order valence-corrected chi connectivity index (χ1v) is 5.77. The summed E-state index contributed by atoms with van der Waals surface area (Å²) >= 11 is 0. The van der Waals surface area contributed by atoms with E-state index in [1.165, 1.54) is 11.3 Å². The Bertz CT molecular complexity index is 327. The minimum Gasteiger partial charge on any atom is -0.382 e. The molecule has 2 nitrogen and oxygen atoms in total. The largest absolute Gasteiger partial charge is 0.382 e. The molecule has 0 aliphatic heterocycles. The molecule has 0 aromatic heterocycles. The van der Waals surface area contributed by atoms with E-state index in [0.717, 1.165) is 12.8 Å². The molecule has 0 heterocycles. The lowest BCUT2D eigenvalue weighted by atomic mass is 9.87. The Hall–Kier alpha value is -1.02. The van der Waals surface area contributed by atoms with Crippen LogP contribution < -0.4 is 11.1 Å². The van der Waals surface area contributed by atoms with Crippen LogP contribution in [-0.4, -0.2) is 12.1 Å². The van der Waals surface area contributed by atoms with Crippen molar-refractivity contribution < 1.29 is 0 Å². The van der Waals surface area contributed by atoms with Crippen molar-refractivity contribution in [1.82, 2.24) is 0 Å². The third-order valence-corrected chi connectivity index (χ3v) is 3.10. The fraction of sp³-hybridized carbons (Fsp3) is 0.538. The summed E-state index contributed by atoms with van der Waals surface area (Å²) in [6, 6.07) is 9.68. The topological polar surface area (TPSA) is 38.0 Å². The number of nitrogens with one attached hydrogen (secondary N) is 1.